The van der Waals surface area contributed by atoms with Gasteiger partial charge in [-0.3, -0.25) is 4.79 Å². The molecular weight excluding hydrogens is 321 g/mol. The molecule has 0 fully saturated rings. The van der Waals surface area contributed by atoms with Crippen LogP contribution in [0.3, 0.4) is 0 Å². The van der Waals surface area contributed by atoms with Gasteiger partial charge in [0.1, 0.15) is 0 Å². The van der Waals surface area contributed by atoms with E-state index in [4.69, 9.17) is 5.73 Å². The van der Waals surface area contributed by atoms with Gasteiger partial charge in [0.2, 0.25) is 5.91 Å². The van der Waals surface area contributed by atoms with Crippen LogP contribution in [-0.4, -0.2) is 17.6 Å². The Labute approximate surface area is 137 Å². The Morgan fingerprint density at radius 3 is 2.54 bits per heavy atom. The second-order valence-electron chi connectivity index (χ2n) is 5.33. The van der Waals surface area contributed by atoms with Crippen LogP contribution < -0.4 is 11.1 Å². The summed E-state index contributed by atoms with van der Waals surface area (Å²) in [4.78, 5) is 11.1. The van der Waals surface area contributed by atoms with Gasteiger partial charge in [0.05, 0.1) is 11.7 Å². The fourth-order valence-corrected chi connectivity index (χ4v) is 2.23. The summed E-state index contributed by atoms with van der Waals surface area (Å²) < 4.78 is 38.0. The topological polar surface area (TPSA) is 75.4 Å². The van der Waals surface area contributed by atoms with Crippen molar-refractivity contribution in [1.29, 1.82) is 0 Å². The number of hydrogen-bond acceptors (Lipinski definition) is 3. The van der Waals surface area contributed by atoms with E-state index >= 15 is 0 Å². The van der Waals surface area contributed by atoms with E-state index in [2.05, 4.69) is 5.32 Å². The van der Waals surface area contributed by atoms with Crippen molar-refractivity contribution in [2.75, 3.05) is 6.54 Å². The van der Waals surface area contributed by atoms with Crippen molar-refractivity contribution in [2.24, 2.45) is 5.73 Å². The molecule has 7 heteroatoms. The van der Waals surface area contributed by atoms with Gasteiger partial charge < -0.3 is 16.2 Å². The highest BCUT2D eigenvalue weighted by molar-refractivity contribution is 5.92. The SMILES string of the molecule is NC(=O)c1cccc(CNCC(O)c2cccc(C(F)(F)F)c2)c1. The van der Waals surface area contributed by atoms with E-state index in [-0.39, 0.29) is 12.1 Å². The molecule has 4 nitrogen and oxygen atoms in total. The molecule has 0 aromatic heterocycles. The molecular formula is C17H17F3N2O2. The van der Waals surface area contributed by atoms with Crippen molar-refractivity contribution in [2.45, 2.75) is 18.8 Å². The average molecular weight is 338 g/mol. The Morgan fingerprint density at radius 2 is 1.88 bits per heavy atom. The first kappa shape index (κ1) is 18.0. The van der Waals surface area contributed by atoms with Crippen LogP contribution in [0.25, 0.3) is 0 Å². The van der Waals surface area contributed by atoms with Gasteiger partial charge in [-0.2, -0.15) is 13.2 Å². The van der Waals surface area contributed by atoms with E-state index in [9.17, 15) is 23.1 Å². The molecule has 1 unspecified atom stereocenters. The summed E-state index contributed by atoms with van der Waals surface area (Å²) in [6.45, 7) is 0.416. The molecule has 0 aliphatic carbocycles. The lowest BCUT2D eigenvalue weighted by atomic mass is 10.1. The highest BCUT2D eigenvalue weighted by Crippen LogP contribution is 2.30. The Morgan fingerprint density at radius 1 is 1.17 bits per heavy atom. The van der Waals surface area contributed by atoms with Crippen molar-refractivity contribution in [3.05, 3.63) is 70.8 Å². The number of aliphatic hydroxyl groups excluding tert-OH is 1. The van der Waals surface area contributed by atoms with Crippen LogP contribution in [0.1, 0.15) is 33.2 Å². The smallest absolute Gasteiger partial charge is 0.387 e. The van der Waals surface area contributed by atoms with Crippen LogP contribution in [0, 0.1) is 0 Å². The average Bonchev–Trinajstić information content (AvgIpc) is 2.54. The molecule has 0 radical (unpaired) electrons. The van der Waals surface area contributed by atoms with E-state index in [0.29, 0.717) is 12.1 Å². The third-order valence-electron chi connectivity index (χ3n) is 3.48. The van der Waals surface area contributed by atoms with Gasteiger partial charge >= 0.3 is 6.18 Å². The number of halogens is 3. The van der Waals surface area contributed by atoms with Crippen molar-refractivity contribution in [3.63, 3.8) is 0 Å². The van der Waals surface area contributed by atoms with E-state index in [1.807, 2.05) is 0 Å². The van der Waals surface area contributed by atoms with Crippen molar-refractivity contribution in [1.82, 2.24) is 5.32 Å². The number of hydrogen-bond donors (Lipinski definition) is 3. The first-order valence-corrected chi connectivity index (χ1v) is 7.22. The zero-order valence-corrected chi connectivity index (χ0v) is 12.7. The number of nitrogens with two attached hydrogens (primary N) is 1. The van der Waals surface area contributed by atoms with Crippen LogP contribution in [-0.2, 0) is 12.7 Å². The molecule has 0 saturated heterocycles. The molecule has 1 atom stereocenters. The van der Waals surface area contributed by atoms with Crippen LogP contribution in [0.5, 0.6) is 0 Å². The Balaban J connectivity index is 1.95. The van der Waals surface area contributed by atoms with Crippen LogP contribution in [0.4, 0.5) is 13.2 Å². The zero-order valence-electron chi connectivity index (χ0n) is 12.7. The minimum atomic E-state index is -4.45. The van der Waals surface area contributed by atoms with Crippen LogP contribution in [0.2, 0.25) is 0 Å². The minimum absolute atomic E-state index is 0.0715. The molecule has 2 rings (SSSR count). The minimum Gasteiger partial charge on any atom is -0.387 e. The standard InChI is InChI=1S/C17H17F3N2O2/c18-17(19,20)14-6-2-4-12(8-14)15(23)10-22-9-11-3-1-5-13(7-11)16(21)24/h1-8,15,22-23H,9-10H2,(H2,21,24). The van der Waals surface area contributed by atoms with E-state index in [0.717, 1.165) is 17.7 Å². The van der Waals surface area contributed by atoms with Gasteiger partial charge in [-0.1, -0.05) is 24.3 Å². The maximum atomic E-state index is 12.7. The lowest BCUT2D eigenvalue weighted by Gasteiger charge is -2.14. The molecule has 0 saturated carbocycles. The lowest BCUT2D eigenvalue weighted by Crippen LogP contribution is -2.21. The second kappa shape index (κ2) is 7.46. The number of rotatable bonds is 6. The van der Waals surface area contributed by atoms with Gasteiger partial charge in [0.15, 0.2) is 0 Å². The molecule has 0 bridgehead atoms. The van der Waals surface area contributed by atoms with Gasteiger partial charge in [-0.15, -0.1) is 0 Å². The van der Waals surface area contributed by atoms with Crippen LogP contribution in [0.15, 0.2) is 48.5 Å². The lowest BCUT2D eigenvalue weighted by molar-refractivity contribution is -0.137. The number of alkyl halides is 3. The van der Waals surface area contributed by atoms with Gasteiger partial charge in [-0.25, -0.2) is 0 Å². The molecule has 24 heavy (non-hydrogen) atoms. The number of amides is 1. The number of carbonyl (C=O) groups excluding carboxylic acids is 1. The van der Waals surface area contributed by atoms with Gasteiger partial charge in [0, 0.05) is 18.7 Å². The third kappa shape index (κ3) is 4.81. The predicted octanol–water partition coefficient (Wildman–Crippen LogP) is 2.63. The number of nitrogens with one attached hydrogen (secondary N) is 1. The Bertz CT molecular complexity index is 717. The summed E-state index contributed by atoms with van der Waals surface area (Å²) >= 11 is 0. The number of primary amides is 1. The number of carbonyl (C=O) groups is 1. The monoisotopic (exact) mass is 338 g/mol. The molecule has 0 aliphatic rings. The first-order chi connectivity index (χ1) is 11.3. The van der Waals surface area contributed by atoms with E-state index in [1.54, 1.807) is 24.3 Å². The summed E-state index contributed by atoms with van der Waals surface area (Å²) in [5.41, 5.74) is 5.73. The number of benzene rings is 2. The highest BCUT2D eigenvalue weighted by Gasteiger charge is 2.30. The van der Waals surface area contributed by atoms with Crippen molar-refractivity contribution in [3.8, 4) is 0 Å². The van der Waals surface area contributed by atoms with E-state index in [1.165, 1.54) is 12.1 Å². The van der Waals surface area contributed by atoms with Crippen molar-refractivity contribution < 1.29 is 23.1 Å². The highest BCUT2D eigenvalue weighted by atomic mass is 19.4. The Kier molecular flexibility index (Phi) is 5.58. The van der Waals surface area contributed by atoms with Gasteiger partial charge in [0.25, 0.3) is 0 Å². The molecule has 2 aromatic rings. The van der Waals surface area contributed by atoms with Gasteiger partial charge in [-0.05, 0) is 35.4 Å². The summed E-state index contributed by atoms with van der Waals surface area (Å²) in [6, 6.07) is 11.2. The largest absolute Gasteiger partial charge is 0.416 e. The van der Waals surface area contributed by atoms with Crippen LogP contribution >= 0.6 is 0 Å². The molecule has 0 aliphatic heterocycles. The molecule has 0 heterocycles. The molecule has 0 spiro atoms. The molecule has 2 aromatic carbocycles. The molecule has 4 N–H and O–H groups in total. The molecule has 1 amide bonds. The zero-order chi connectivity index (χ0) is 17.7. The fraction of sp³-hybridized carbons (Fsp3) is 0.235. The van der Waals surface area contributed by atoms with E-state index < -0.39 is 23.8 Å². The summed E-state index contributed by atoms with van der Waals surface area (Å²) in [7, 11) is 0. The maximum Gasteiger partial charge on any atom is 0.416 e. The fourth-order valence-electron chi connectivity index (χ4n) is 2.23. The molecule has 128 valence electrons. The third-order valence-corrected chi connectivity index (χ3v) is 3.48. The Hall–Kier alpha value is -2.38. The normalized spacial score (nSPS) is 12.8. The predicted molar refractivity (Wildman–Crippen MR) is 83.1 cm³/mol. The maximum absolute atomic E-state index is 12.7. The quantitative estimate of drug-likeness (QED) is 0.758. The summed E-state index contributed by atoms with van der Waals surface area (Å²) in [6.07, 6.45) is -5.52. The van der Waals surface area contributed by atoms with Crippen molar-refractivity contribution >= 4 is 5.91 Å². The summed E-state index contributed by atoms with van der Waals surface area (Å²) in [5, 5.41) is 13.0. The summed E-state index contributed by atoms with van der Waals surface area (Å²) in [5.74, 6) is -0.541. The number of aliphatic hydroxyl groups is 1. The second-order valence-corrected chi connectivity index (χ2v) is 5.33. The first-order valence-electron chi connectivity index (χ1n) is 7.22.